The van der Waals surface area contributed by atoms with E-state index in [9.17, 15) is 4.57 Å². The fourth-order valence-electron chi connectivity index (χ4n) is 2.26. The van der Waals surface area contributed by atoms with E-state index in [-0.39, 0.29) is 0 Å². The predicted molar refractivity (Wildman–Crippen MR) is 88.4 cm³/mol. The summed E-state index contributed by atoms with van der Waals surface area (Å²) in [7, 11) is -3.25. The molecule has 0 bridgehead atoms. The monoisotopic (exact) mass is 341 g/mol. The maximum absolute atomic E-state index is 12.5. The molecule has 0 N–H and O–H groups in total. The highest BCUT2D eigenvalue weighted by atomic mass is 31.2. The molecule has 0 aliphatic carbocycles. The second-order valence-corrected chi connectivity index (χ2v) is 7.48. The largest absolute Gasteiger partial charge is 0.461 e. The van der Waals surface area contributed by atoms with Crippen LogP contribution in [0.2, 0.25) is 0 Å². The van der Waals surface area contributed by atoms with Crippen LogP contribution in [0.5, 0.6) is 5.75 Å². The highest BCUT2D eigenvalue weighted by Gasteiger charge is 2.30. The Labute approximate surface area is 137 Å². The topological polar surface area (TPSA) is 66.9 Å². The Morgan fingerprint density at radius 1 is 1.35 bits per heavy atom. The highest BCUT2D eigenvalue weighted by molar-refractivity contribution is 7.57. The van der Waals surface area contributed by atoms with Gasteiger partial charge in [0.25, 0.3) is 0 Å². The van der Waals surface area contributed by atoms with Crippen molar-refractivity contribution in [1.82, 2.24) is 4.98 Å². The zero-order valence-corrected chi connectivity index (χ0v) is 15.2. The SMILES string of the molecule is CCOP(=O)(C=Cc1cnc(C)c2c1COC(C)(C)O2)OCC. The molecule has 128 valence electrons. The van der Waals surface area contributed by atoms with Crippen LogP contribution in [0.25, 0.3) is 6.08 Å². The van der Waals surface area contributed by atoms with Crippen LogP contribution in [-0.2, 0) is 25.0 Å². The van der Waals surface area contributed by atoms with Gasteiger partial charge in [-0.1, -0.05) is 0 Å². The normalized spacial score (nSPS) is 17.1. The van der Waals surface area contributed by atoms with E-state index in [1.54, 1.807) is 26.1 Å². The number of fused-ring (bicyclic) bond motifs is 1. The van der Waals surface area contributed by atoms with Gasteiger partial charge in [0, 0.05) is 37.0 Å². The average Bonchev–Trinajstić information content (AvgIpc) is 2.47. The zero-order chi connectivity index (χ0) is 17.1. The standard InChI is InChI=1S/C16H24NO5P/c1-6-20-23(18,21-7-2)9-8-13-10-17-12(3)15-14(13)11-19-16(4,5)22-15/h8-10H,6-7,11H2,1-5H3. The lowest BCUT2D eigenvalue weighted by Crippen LogP contribution is -2.36. The van der Waals surface area contributed by atoms with Crippen molar-refractivity contribution in [3.05, 3.63) is 28.8 Å². The molecule has 1 aromatic heterocycles. The number of pyridine rings is 1. The van der Waals surface area contributed by atoms with Gasteiger partial charge in [0.05, 0.1) is 25.5 Å². The Kier molecular flexibility index (Phi) is 5.63. The lowest BCUT2D eigenvalue weighted by atomic mass is 10.1. The van der Waals surface area contributed by atoms with E-state index in [0.29, 0.717) is 25.6 Å². The van der Waals surface area contributed by atoms with Crippen LogP contribution in [0.4, 0.5) is 0 Å². The van der Waals surface area contributed by atoms with E-state index in [1.165, 1.54) is 5.82 Å². The maximum atomic E-state index is 12.5. The minimum Gasteiger partial charge on any atom is -0.461 e. The summed E-state index contributed by atoms with van der Waals surface area (Å²) < 4.78 is 34.6. The van der Waals surface area contributed by atoms with Crippen molar-refractivity contribution in [2.45, 2.75) is 47.0 Å². The zero-order valence-electron chi connectivity index (χ0n) is 14.3. The molecule has 1 aliphatic rings. The van der Waals surface area contributed by atoms with E-state index in [0.717, 1.165) is 16.8 Å². The van der Waals surface area contributed by atoms with E-state index in [4.69, 9.17) is 18.5 Å². The Bertz CT molecular complexity index is 632. The van der Waals surface area contributed by atoms with Crippen molar-refractivity contribution in [2.75, 3.05) is 13.2 Å². The summed E-state index contributed by atoms with van der Waals surface area (Å²) in [5, 5.41) is 0. The summed E-state index contributed by atoms with van der Waals surface area (Å²) >= 11 is 0. The van der Waals surface area contributed by atoms with Gasteiger partial charge in [-0.05, 0) is 26.8 Å². The van der Waals surface area contributed by atoms with Gasteiger partial charge in [0.15, 0.2) is 0 Å². The number of aromatic nitrogens is 1. The van der Waals surface area contributed by atoms with E-state index >= 15 is 0 Å². The van der Waals surface area contributed by atoms with Crippen LogP contribution >= 0.6 is 7.60 Å². The van der Waals surface area contributed by atoms with E-state index in [1.807, 2.05) is 20.8 Å². The number of ether oxygens (including phenoxy) is 2. The third kappa shape index (κ3) is 4.42. The van der Waals surface area contributed by atoms with E-state index in [2.05, 4.69) is 4.98 Å². The van der Waals surface area contributed by atoms with Gasteiger partial charge in [-0.3, -0.25) is 9.55 Å². The first kappa shape index (κ1) is 18.1. The summed E-state index contributed by atoms with van der Waals surface area (Å²) in [5.74, 6) is 1.49. The third-order valence-electron chi connectivity index (χ3n) is 3.32. The molecule has 0 aromatic carbocycles. The molecule has 0 amide bonds. The van der Waals surface area contributed by atoms with Crippen LogP contribution < -0.4 is 4.74 Å². The molecule has 0 radical (unpaired) electrons. The Morgan fingerprint density at radius 3 is 2.61 bits per heavy atom. The maximum Gasteiger partial charge on any atom is 0.354 e. The molecule has 1 aromatic rings. The van der Waals surface area contributed by atoms with Crippen molar-refractivity contribution in [3.63, 3.8) is 0 Å². The van der Waals surface area contributed by atoms with Crippen molar-refractivity contribution in [2.24, 2.45) is 0 Å². The minimum absolute atomic E-state index is 0.312. The van der Waals surface area contributed by atoms with Crippen LogP contribution in [-0.4, -0.2) is 24.0 Å². The first-order chi connectivity index (χ1) is 10.8. The van der Waals surface area contributed by atoms with E-state index < -0.39 is 13.4 Å². The fourth-order valence-corrected chi connectivity index (χ4v) is 3.57. The molecule has 0 saturated heterocycles. The van der Waals surface area contributed by atoms with Crippen molar-refractivity contribution < 1.29 is 23.1 Å². The lowest BCUT2D eigenvalue weighted by Gasteiger charge is -2.33. The summed E-state index contributed by atoms with van der Waals surface area (Å²) in [6.07, 6.45) is 3.40. The third-order valence-corrected chi connectivity index (χ3v) is 5.07. The molecule has 2 heterocycles. The minimum atomic E-state index is -3.25. The summed E-state index contributed by atoms with van der Waals surface area (Å²) in [6, 6.07) is 0. The number of nitrogens with zero attached hydrogens (tertiary/aromatic N) is 1. The summed E-state index contributed by atoms with van der Waals surface area (Å²) in [5.41, 5.74) is 2.46. The molecular weight excluding hydrogens is 317 g/mol. The predicted octanol–water partition coefficient (Wildman–Crippen LogP) is 4.27. The summed E-state index contributed by atoms with van der Waals surface area (Å²) in [4.78, 5) is 4.35. The number of aryl methyl sites for hydroxylation is 1. The van der Waals surface area contributed by atoms with Crippen LogP contribution in [0.3, 0.4) is 0 Å². The smallest absolute Gasteiger partial charge is 0.354 e. The Hall–Kier alpha value is -1.20. The second kappa shape index (κ2) is 7.14. The molecule has 23 heavy (non-hydrogen) atoms. The number of hydrogen-bond acceptors (Lipinski definition) is 6. The Balaban J connectivity index is 2.35. The van der Waals surface area contributed by atoms with Crippen LogP contribution in [0.15, 0.2) is 12.0 Å². The average molecular weight is 341 g/mol. The molecule has 0 unspecified atom stereocenters. The Morgan fingerprint density at radius 2 is 2.00 bits per heavy atom. The van der Waals surface area contributed by atoms with Crippen molar-refractivity contribution >= 4 is 13.7 Å². The molecule has 7 heteroatoms. The van der Waals surface area contributed by atoms with Crippen LogP contribution in [0, 0.1) is 6.92 Å². The van der Waals surface area contributed by atoms with Gasteiger partial charge >= 0.3 is 7.60 Å². The number of hydrogen-bond donors (Lipinski definition) is 0. The molecule has 6 nitrogen and oxygen atoms in total. The highest BCUT2D eigenvalue weighted by Crippen LogP contribution is 2.50. The van der Waals surface area contributed by atoms with Gasteiger partial charge in [-0.2, -0.15) is 0 Å². The number of rotatable bonds is 6. The first-order valence-corrected chi connectivity index (χ1v) is 9.31. The lowest BCUT2D eigenvalue weighted by molar-refractivity contribution is -0.180. The molecule has 0 saturated carbocycles. The first-order valence-electron chi connectivity index (χ1n) is 7.69. The molecule has 0 fully saturated rings. The summed E-state index contributed by atoms with van der Waals surface area (Å²) in [6.45, 7) is 10.2. The molecule has 0 spiro atoms. The van der Waals surface area contributed by atoms with Gasteiger partial charge in [-0.25, -0.2) is 0 Å². The van der Waals surface area contributed by atoms with Gasteiger partial charge in [-0.15, -0.1) is 0 Å². The van der Waals surface area contributed by atoms with Gasteiger partial charge in [0.1, 0.15) is 5.75 Å². The van der Waals surface area contributed by atoms with Crippen LogP contribution in [0.1, 0.15) is 44.5 Å². The quantitative estimate of drug-likeness (QED) is 0.720. The van der Waals surface area contributed by atoms with Gasteiger partial charge < -0.3 is 18.5 Å². The van der Waals surface area contributed by atoms with Crippen molar-refractivity contribution in [3.8, 4) is 5.75 Å². The molecule has 1 aliphatic heterocycles. The second-order valence-electron chi connectivity index (χ2n) is 5.59. The molecule has 0 atom stereocenters. The van der Waals surface area contributed by atoms with Gasteiger partial charge in [0.2, 0.25) is 5.79 Å². The molecular formula is C16H24NO5P. The molecule has 2 rings (SSSR count). The fraction of sp³-hybridized carbons (Fsp3) is 0.562. The van der Waals surface area contributed by atoms with Crippen molar-refractivity contribution in [1.29, 1.82) is 0 Å².